The van der Waals surface area contributed by atoms with E-state index in [-0.39, 0.29) is 5.56 Å². The zero-order chi connectivity index (χ0) is 15.9. The van der Waals surface area contributed by atoms with Crippen molar-refractivity contribution in [2.24, 2.45) is 0 Å². The fraction of sp³-hybridized carbons (Fsp3) is 0.294. The number of likely N-dealkylation sites (N-methyl/N-ethyl adjacent to an activating group) is 1. The highest BCUT2D eigenvalue weighted by Crippen LogP contribution is 2.10. The van der Waals surface area contributed by atoms with Crippen LogP contribution in [-0.2, 0) is 6.54 Å². The van der Waals surface area contributed by atoms with Gasteiger partial charge in [0.05, 0.1) is 18.2 Å². The molecule has 1 aromatic heterocycles. The zero-order valence-electron chi connectivity index (χ0n) is 12.8. The molecule has 0 amide bonds. The minimum Gasteiger partial charge on any atom is -0.487 e. The van der Waals surface area contributed by atoms with Gasteiger partial charge in [-0.1, -0.05) is 18.2 Å². The largest absolute Gasteiger partial charge is 0.487 e. The first-order valence-electron chi connectivity index (χ1n) is 7.07. The van der Waals surface area contributed by atoms with Crippen LogP contribution in [0.2, 0.25) is 0 Å². The molecule has 0 aliphatic heterocycles. The van der Waals surface area contributed by atoms with Crippen LogP contribution in [0.4, 0.5) is 0 Å². The molecule has 114 valence electrons. The van der Waals surface area contributed by atoms with Gasteiger partial charge in [0.2, 0.25) is 0 Å². The van der Waals surface area contributed by atoms with Gasteiger partial charge in [-0.25, -0.2) is 0 Å². The Morgan fingerprint density at radius 3 is 2.73 bits per heavy atom. The number of rotatable bonds is 6. The van der Waals surface area contributed by atoms with E-state index in [4.69, 9.17) is 10.00 Å². The lowest BCUT2D eigenvalue weighted by Gasteiger charge is -2.12. The second-order valence-electron chi connectivity index (χ2n) is 5.23. The fourth-order valence-electron chi connectivity index (χ4n) is 2.04. The second kappa shape index (κ2) is 7.43. The molecule has 5 heteroatoms. The first-order chi connectivity index (χ1) is 10.6. The molecule has 0 aliphatic carbocycles. The van der Waals surface area contributed by atoms with Crippen molar-refractivity contribution in [2.75, 3.05) is 27.2 Å². The van der Waals surface area contributed by atoms with Crippen LogP contribution in [-0.4, -0.2) is 36.7 Å². The summed E-state index contributed by atoms with van der Waals surface area (Å²) in [6.45, 7) is 1.56. The number of ether oxygens (including phenoxy) is 1. The maximum atomic E-state index is 12.4. The Bertz CT molecular complexity index is 729. The molecule has 0 spiro atoms. The van der Waals surface area contributed by atoms with E-state index in [1.807, 2.05) is 37.2 Å². The predicted molar refractivity (Wildman–Crippen MR) is 85.0 cm³/mol. The average molecular weight is 297 g/mol. The first-order valence-corrected chi connectivity index (χ1v) is 7.07. The third-order valence-electron chi connectivity index (χ3n) is 3.26. The molecule has 2 rings (SSSR count). The summed E-state index contributed by atoms with van der Waals surface area (Å²) in [4.78, 5) is 14.4. The van der Waals surface area contributed by atoms with Crippen LogP contribution in [0.1, 0.15) is 11.1 Å². The quantitative estimate of drug-likeness (QED) is 0.814. The number of hydrogen-bond donors (Lipinski definition) is 0. The van der Waals surface area contributed by atoms with Crippen molar-refractivity contribution in [3.63, 3.8) is 0 Å². The van der Waals surface area contributed by atoms with Gasteiger partial charge in [-0.15, -0.1) is 0 Å². The second-order valence-corrected chi connectivity index (χ2v) is 5.23. The normalized spacial score (nSPS) is 10.5. The third-order valence-corrected chi connectivity index (χ3v) is 3.26. The van der Waals surface area contributed by atoms with Gasteiger partial charge in [0.15, 0.2) is 5.75 Å². The minimum atomic E-state index is -0.186. The molecule has 22 heavy (non-hydrogen) atoms. The van der Waals surface area contributed by atoms with E-state index in [0.29, 0.717) is 24.5 Å². The van der Waals surface area contributed by atoms with E-state index in [2.05, 4.69) is 6.07 Å². The molecule has 0 unspecified atom stereocenters. The molecule has 2 aromatic rings. The Kier molecular flexibility index (Phi) is 5.34. The van der Waals surface area contributed by atoms with Crippen LogP contribution < -0.4 is 10.3 Å². The number of benzene rings is 1. The van der Waals surface area contributed by atoms with E-state index in [9.17, 15) is 4.79 Å². The lowest BCUT2D eigenvalue weighted by molar-refractivity contribution is 0.257. The summed E-state index contributed by atoms with van der Waals surface area (Å²) < 4.78 is 7.10. The summed E-state index contributed by atoms with van der Waals surface area (Å²) in [6.07, 6.45) is 1.70. The molecule has 5 nitrogen and oxygen atoms in total. The minimum absolute atomic E-state index is 0.186. The van der Waals surface area contributed by atoms with Crippen molar-refractivity contribution in [2.45, 2.75) is 6.54 Å². The van der Waals surface area contributed by atoms with Gasteiger partial charge in [-0.3, -0.25) is 4.79 Å². The van der Waals surface area contributed by atoms with E-state index in [1.54, 1.807) is 29.0 Å². The van der Waals surface area contributed by atoms with Crippen LogP contribution in [0.5, 0.6) is 5.75 Å². The van der Waals surface area contributed by atoms with Crippen LogP contribution in [0.15, 0.2) is 47.4 Å². The maximum absolute atomic E-state index is 12.4. The van der Waals surface area contributed by atoms with Crippen LogP contribution in [0.25, 0.3) is 0 Å². The Balaban J connectivity index is 2.19. The average Bonchev–Trinajstić information content (AvgIpc) is 2.51. The Morgan fingerprint density at radius 2 is 2.00 bits per heavy atom. The Hall–Kier alpha value is -2.58. The zero-order valence-corrected chi connectivity index (χ0v) is 12.8. The van der Waals surface area contributed by atoms with Gasteiger partial charge >= 0.3 is 0 Å². The summed E-state index contributed by atoms with van der Waals surface area (Å²) in [7, 11) is 3.90. The van der Waals surface area contributed by atoms with E-state index < -0.39 is 0 Å². The van der Waals surface area contributed by atoms with Gasteiger partial charge in [0.1, 0.15) is 6.61 Å². The highest BCUT2D eigenvalue weighted by molar-refractivity contribution is 5.37. The smallest absolute Gasteiger partial charge is 0.293 e. The highest BCUT2D eigenvalue weighted by atomic mass is 16.5. The maximum Gasteiger partial charge on any atom is 0.293 e. The van der Waals surface area contributed by atoms with Gasteiger partial charge in [-0.2, -0.15) is 5.26 Å². The first kappa shape index (κ1) is 15.8. The molecule has 0 N–H and O–H groups in total. The number of aromatic nitrogens is 1. The lowest BCUT2D eigenvalue weighted by atomic mass is 10.1. The number of nitriles is 1. The summed E-state index contributed by atoms with van der Waals surface area (Å²) in [6, 6.07) is 12.9. The Morgan fingerprint density at radius 1 is 1.23 bits per heavy atom. The Labute approximate surface area is 130 Å². The number of pyridine rings is 1. The predicted octanol–water partition coefficient (Wildman–Crippen LogP) is 1.71. The fourth-order valence-corrected chi connectivity index (χ4v) is 2.04. The third kappa shape index (κ3) is 3.96. The molecular weight excluding hydrogens is 278 g/mol. The SMILES string of the molecule is CN(C)CCOc1cccn(Cc2ccccc2C#N)c1=O. The van der Waals surface area contributed by atoms with E-state index in [1.165, 1.54) is 0 Å². The lowest BCUT2D eigenvalue weighted by Crippen LogP contribution is -2.25. The number of hydrogen-bond acceptors (Lipinski definition) is 4. The van der Waals surface area contributed by atoms with Crippen molar-refractivity contribution in [1.29, 1.82) is 5.26 Å². The van der Waals surface area contributed by atoms with Crippen molar-refractivity contribution < 1.29 is 4.74 Å². The molecule has 0 aliphatic rings. The molecule has 0 bridgehead atoms. The van der Waals surface area contributed by atoms with Crippen molar-refractivity contribution in [3.8, 4) is 11.8 Å². The van der Waals surface area contributed by atoms with Gasteiger partial charge in [0, 0.05) is 12.7 Å². The molecule has 0 saturated heterocycles. The molecule has 0 saturated carbocycles. The van der Waals surface area contributed by atoms with Crippen molar-refractivity contribution in [1.82, 2.24) is 9.47 Å². The molecule has 0 atom stereocenters. The van der Waals surface area contributed by atoms with Crippen molar-refractivity contribution in [3.05, 3.63) is 64.1 Å². The van der Waals surface area contributed by atoms with Crippen LogP contribution in [0.3, 0.4) is 0 Å². The van der Waals surface area contributed by atoms with Crippen LogP contribution >= 0.6 is 0 Å². The standard InChI is InChI=1S/C17H19N3O2/c1-19(2)10-11-22-16-8-5-9-20(17(16)21)13-15-7-4-3-6-14(15)12-18/h3-9H,10-11,13H2,1-2H3. The summed E-state index contributed by atoms with van der Waals surface area (Å²) in [5, 5.41) is 9.12. The van der Waals surface area contributed by atoms with Crippen molar-refractivity contribution >= 4 is 0 Å². The number of nitrogens with zero attached hydrogens (tertiary/aromatic N) is 3. The summed E-state index contributed by atoms with van der Waals surface area (Å²) in [5.41, 5.74) is 1.21. The summed E-state index contributed by atoms with van der Waals surface area (Å²) in [5.74, 6) is 0.332. The monoisotopic (exact) mass is 297 g/mol. The van der Waals surface area contributed by atoms with E-state index >= 15 is 0 Å². The van der Waals surface area contributed by atoms with Gasteiger partial charge in [0.25, 0.3) is 5.56 Å². The molecule has 1 heterocycles. The molecule has 1 aromatic carbocycles. The molecular formula is C17H19N3O2. The van der Waals surface area contributed by atoms with Crippen LogP contribution in [0, 0.1) is 11.3 Å². The summed E-state index contributed by atoms with van der Waals surface area (Å²) >= 11 is 0. The van der Waals surface area contributed by atoms with Gasteiger partial charge < -0.3 is 14.2 Å². The molecule has 0 radical (unpaired) electrons. The van der Waals surface area contributed by atoms with Gasteiger partial charge in [-0.05, 0) is 37.9 Å². The van der Waals surface area contributed by atoms with E-state index in [0.717, 1.165) is 12.1 Å². The topological polar surface area (TPSA) is 58.3 Å². The molecule has 0 fully saturated rings. The highest BCUT2D eigenvalue weighted by Gasteiger charge is 2.07.